The van der Waals surface area contributed by atoms with Gasteiger partial charge in [-0.1, -0.05) is 100 Å². The number of aryl methyl sites for hydroxylation is 1. The van der Waals surface area contributed by atoms with E-state index >= 15 is 0 Å². The van der Waals surface area contributed by atoms with E-state index in [2.05, 4.69) is 21.2 Å². The monoisotopic (exact) mass is 661 g/mol. The molecule has 4 rings (SSSR count). The van der Waals surface area contributed by atoms with Crippen LogP contribution in [0.25, 0.3) is 0 Å². The average Bonchev–Trinajstić information content (AvgIpc) is 2.98. The highest BCUT2D eigenvalue weighted by Gasteiger charge is 2.34. The third-order valence-corrected chi connectivity index (χ3v) is 9.16. The number of carbonyl (C=O) groups is 2. The summed E-state index contributed by atoms with van der Waals surface area (Å²) >= 11 is 3.43. The number of hydrogen-bond donors (Lipinski definition) is 1. The van der Waals surface area contributed by atoms with E-state index in [0.717, 1.165) is 21.0 Å². The van der Waals surface area contributed by atoms with Crippen LogP contribution in [0.2, 0.25) is 0 Å². The van der Waals surface area contributed by atoms with Gasteiger partial charge in [-0.2, -0.15) is 0 Å². The smallest absolute Gasteiger partial charge is 0.264 e. The molecule has 1 unspecified atom stereocenters. The fourth-order valence-electron chi connectivity index (χ4n) is 4.71. The second kappa shape index (κ2) is 14.5. The number of rotatable bonds is 12. The average molecular weight is 663 g/mol. The first-order valence-corrected chi connectivity index (χ1v) is 16.3. The Morgan fingerprint density at radius 3 is 2.00 bits per heavy atom. The Kier molecular flexibility index (Phi) is 10.8. The Labute approximate surface area is 262 Å². The molecular weight excluding hydrogens is 626 g/mol. The van der Waals surface area contributed by atoms with Gasteiger partial charge in [-0.15, -0.1) is 0 Å². The summed E-state index contributed by atoms with van der Waals surface area (Å²) in [5.41, 5.74) is 2.95. The van der Waals surface area contributed by atoms with Gasteiger partial charge >= 0.3 is 0 Å². The van der Waals surface area contributed by atoms with Crippen molar-refractivity contribution < 1.29 is 18.0 Å². The maximum atomic E-state index is 14.4. The zero-order valence-electron chi connectivity index (χ0n) is 24.5. The molecule has 9 heteroatoms. The molecular formula is C34H36BrN3O4S. The third kappa shape index (κ3) is 8.55. The first-order chi connectivity index (χ1) is 20.5. The first kappa shape index (κ1) is 32.0. The van der Waals surface area contributed by atoms with Gasteiger partial charge in [0.2, 0.25) is 11.8 Å². The first-order valence-electron chi connectivity index (χ1n) is 14.1. The number of anilines is 1. The third-order valence-electron chi connectivity index (χ3n) is 6.88. The van der Waals surface area contributed by atoms with Crippen LogP contribution in [0.15, 0.2) is 119 Å². The molecule has 1 N–H and O–H groups in total. The van der Waals surface area contributed by atoms with E-state index in [1.54, 1.807) is 36.4 Å². The molecule has 4 aromatic rings. The van der Waals surface area contributed by atoms with E-state index in [1.807, 2.05) is 81.4 Å². The quantitative estimate of drug-likeness (QED) is 0.198. The summed E-state index contributed by atoms with van der Waals surface area (Å²) in [6.07, 6.45) is 0.263. The van der Waals surface area contributed by atoms with Crippen LogP contribution in [-0.2, 0) is 32.6 Å². The number of carbonyl (C=O) groups excluding carboxylic acids is 2. The summed E-state index contributed by atoms with van der Waals surface area (Å²) in [7, 11) is -4.15. The van der Waals surface area contributed by atoms with Crippen LogP contribution in [0.4, 0.5) is 5.69 Å². The highest BCUT2D eigenvalue weighted by Crippen LogP contribution is 2.27. The molecule has 4 aromatic carbocycles. The van der Waals surface area contributed by atoms with Crippen LogP contribution >= 0.6 is 15.9 Å². The highest BCUT2D eigenvalue weighted by atomic mass is 79.9. The van der Waals surface area contributed by atoms with Gasteiger partial charge in [0.25, 0.3) is 10.0 Å². The second-order valence-corrected chi connectivity index (χ2v) is 13.5. The number of nitrogens with zero attached hydrogens (tertiary/aromatic N) is 2. The minimum atomic E-state index is -4.15. The molecule has 0 aliphatic carbocycles. The minimum Gasteiger partial charge on any atom is -0.352 e. The largest absolute Gasteiger partial charge is 0.352 e. The van der Waals surface area contributed by atoms with Crippen molar-refractivity contribution in [3.05, 3.63) is 130 Å². The molecule has 0 heterocycles. The summed E-state index contributed by atoms with van der Waals surface area (Å²) in [5, 5.41) is 2.97. The summed E-state index contributed by atoms with van der Waals surface area (Å²) in [5.74, 6) is -0.808. The van der Waals surface area contributed by atoms with Crippen LogP contribution in [0.3, 0.4) is 0 Å². The number of hydrogen-bond acceptors (Lipinski definition) is 4. The Balaban J connectivity index is 1.79. The molecule has 7 nitrogen and oxygen atoms in total. The van der Waals surface area contributed by atoms with Gasteiger partial charge in [0.05, 0.1) is 10.6 Å². The van der Waals surface area contributed by atoms with Crippen molar-refractivity contribution in [2.45, 2.75) is 50.7 Å². The lowest BCUT2D eigenvalue weighted by atomic mass is 10.0. The number of halogens is 1. The van der Waals surface area contributed by atoms with E-state index in [9.17, 15) is 18.0 Å². The van der Waals surface area contributed by atoms with Gasteiger partial charge in [-0.3, -0.25) is 13.9 Å². The number of benzene rings is 4. The van der Waals surface area contributed by atoms with Crippen LogP contribution in [0.5, 0.6) is 0 Å². The molecule has 0 saturated carbocycles. The van der Waals surface area contributed by atoms with Gasteiger partial charge in [0.1, 0.15) is 12.6 Å². The maximum absolute atomic E-state index is 14.4. The molecule has 2 amide bonds. The van der Waals surface area contributed by atoms with Crippen molar-refractivity contribution in [2.75, 3.05) is 10.8 Å². The second-order valence-electron chi connectivity index (χ2n) is 10.7. The molecule has 0 saturated heterocycles. The van der Waals surface area contributed by atoms with E-state index in [-0.39, 0.29) is 29.8 Å². The van der Waals surface area contributed by atoms with Gasteiger partial charge in [-0.25, -0.2) is 8.42 Å². The summed E-state index contributed by atoms with van der Waals surface area (Å²) in [6, 6.07) is 31.2. The van der Waals surface area contributed by atoms with Crippen molar-refractivity contribution in [1.29, 1.82) is 0 Å². The normalized spacial score (nSPS) is 12.0. The standard InChI is InChI=1S/C34H36BrN3O4S/c1-25(2)36-34(40)32(21-27-11-6-4-7-12-27)37(23-28-13-8-5-9-14-28)33(39)24-38(30-16-10-15-29(35)22-30)43(41,42)31-19-17-26(3)18-20-31/h4-20,22,25,32H,21,23-24H2,1-3H3,(H,36,40). The van der Waals surface area contributed by atoms with Crippen LogP contribution in [0.1, 0.15) is 30.5 Å². The fraction of sp³-hybridized carbons (Fsp3) is 0.235. The number of sulfonamides is 1. The molecule has 0 spiro atoms. The predicted octanol–water partition coefficient (Wildman–Crippen LogP) is 6.12. The van der Waals surface area contributed by atoms with Crippen molar-refractivity contribution in [1.82, 2.24) is 10.2 Å². The fourth-order valence-corrected chi connectivity index (χ4v) is 6.51. The van der Waals surface area contributed by atoms with Crippen molar-refractivity contribution in [3.63, 3.8) is 0 Å². The Hall–Kier alpha value is -3.95. The van der Waals surface area contributed by atoms with Gasteiger partial charge < -0.3 is 10.2 Å². The molecule has 0 bridgehead atoms. The minimum absolute atomic E-state index is 0.0684. The predicted molar refractivity (Wildman–Crippen MR) is 174 cm³/mol. The molecule has 0 fully saturated rings. The summed E-state index contributed by atoms with van der Waals surface area (Å²) in [4.78, 5) is 29.7. The van der Waals surface area contributed by atoms with Gasteiger partial charge in [0, 0.05) is 23.5 Å². The van der Waals surface area contributed by atoms with Crippen molar-refractivity contribution >= 4 is 43.5 Å². The maximum Gasteiger partial charge on any atom is 0.264 e. The topological polar surface area (TPSA) is 86.8 Å². The van der Waals surface area contributed by atoms with Crippen LogP contribution in [0, 0.1) is 6.92 Å². The molecule has 43 heavy (non-hydrogen) atoms. The van der Waals surface area contributed by atoms with E-state index in [1.165, 1.54) is 17.0 Å². The summed E-state index contributed by atoms with van der Waals surface area (Å²) in [6.45, 7) is 5.23. The number of nitrogens with one attached hydrogen (secondary N) is 1. The van der Waals surface area contributed by atoms with Crippen LogP contribution < -0.4 is 9.62 Å². The number of amides is 2. The van der Waals surface area contributed by atoms with Gasteiger partial charge in [-0.05, 0) is 62.2 Å². The van der Waals surface area contributed by atoms with Crippen LogP contribution in [-0.4, -0.2) is 43.8 Å². The Bertz CT molecular complexity index is 1630. The highest BCUT2D eigenvalue weighted by molar-refractivity contribution is 9.10. The lowest BCUT2D eigenvalue weighted by molar-refractivity contribution is -0.140. The molecule has 1 atom stereocenters. The zero-order chi connectivity index (χ0) is 31.0. The summed E-state index contributed by atoms with van der Waals surface area (Å²) < 4.78 is 29.9. The molecule has 224 valence electrons. The lowest BCUT2D eigenvalue weighted by Gasteiger charge is -2.34. The Morgan fingerprint density at radius 1 is 0.814 bits per heavy atom. The van der Waals surface area contributed by atoms with E-state index in [4.69, 9.17) is 0 Å². The van der Waals surface area contributed by atoms with E-state index in [0.29, 0.717) is 10.2 Å². The Morgan fingerprint density at radius 2 is 1.42 bits per heavy atom. The SMILES string of the molecule is Cc1ccc(S(=O)(=O)N(CC(=O)N(Cc2ccccc2)C(Cc2ccccc2)C(=O)NC(C)C)c2cccc(Br)c2)cc1. The molecule has 0 aromatic heterocycles. The molecule has 0 aliphatic heterocycles. The lowest BCUT2D eigenvalue weighted by Crippen LogP contribution is -2.54. The molecule has 0 aliphatic rings. The van der Waals surface area contributed by atoms with Gasteiger partial charge in [0.15, 0.2) is 0 Å². The van der Waals surface area contributed by atoms with Crippen molar-refractivity contribution in [2.24, 2.45) is 0 Å². The van der Waals surface area contributed by atoms with Crippen molar-refractivity contribution in [3.8, 4) is 0 Å². The van der Waals surface area contributed by atoms with E-state index < -0.39 is 28.5 Å². The zero-order valence-corrected chi connectivity index (χ0v) is 26.9. The molecule has 0 radical (unpaired) electrons.